The third-order valence-electron chi connectivity index (χ3n) is 2.76. The number of hydrogen-bond donors (Lipinski definition) is 1. The van der Waals surface area contributed by atoms with Gasteiger partial charge in [-0.2, -0.15) is 0 Å². The van der Waals surface area contributed by atoms with Gasteiger partial charge in [0.25, 0.3) is 0 Å². The Kier molecular flexibility index (Phi) is 4.60. The largest absolute Gasteiger partial charge is 0.481 e. The van der Waals surface area contributed by atoms with Crippen molar-refractivity contribution in [2.75, 3.05) is 0 Å². The van der Waals surface area contributed by atoms with E-state index in [-0.39, 0.29) is 0 Å². The molecule has 1 aromatic carbocycles. The third kappa shape index (κ3) is 3.40. The van der Waals surface area contributed by atoms with Gasteiger partial charge in [0.05, 0.1) is 7.85 Å². The lowest BCUT2D eigenvalue weighted by Crippen LogP contribution is -2.26. The highest BCUT2D eigenvalue weighted by molar-refractivity contribution is 6.26. The summed E-state index contributed by atoms with van der Waals surface area (Å²) in [5.41, 5.74) is 0.975. The standard InChI is InChI=1S/C13H17BO2/c1-2-3-9-13(14,12(15)16)10-11-7-5-4-6-8-11/h4-8H,2-3,9-10H2,1H3,(H,15,16). The van der Waals surface area contributed by atoms with Crippen molar-refractivity contribution in [2.24, 2.45) is 0 Å². The molecule has 2 nitrogen and oxygen atoms in total. The van der Waals surface area contributed by atoms with Crippen molar-refractivity contribution in [1.29, 1.82) is 0 Å². The Morgan fingerprint density at radius 1 is 1.38 bits per heavy atom. The minimum absolute atomic E-state index is 0.392. The third-order valence-corrected chi connectivity index (χ3v) is 2.76. The first-order valence-corrected chi connectivity index (χ1v) is 5.64. The summed E-state index contributed by atoms with van der Waals surface area (Å²) in [5, 5.41) is 8.07. The molecule has 0 aromatic heterocycles. The van der Waals surface area contributed by atoms with Gasteiger partial charge in [-0.1, -0.05) is 50.1 Å². The first kappa shape index (κ1) is 12.8. The van der Waals surface area contributed by atoms with E-state index < -0.39 is 11.3 Å². The van der Waals surface area contributed by atoms with Crippen LogP contribution >= 0.6 is 0 Å². The van der Waals surface area contributed by atoms with Crippen molar-refractivity contribution in [1.82, 2.24) is 0 Å². The molecule has 0 saturated heterocycles. The maximum absolute atomic E-state index is 11.2. The van der Waals surface area contributed by atoms with Gasteiger partial charge in [0.2, 0.25) is 0 Å². The average molecular weight is 216 g/mol. The van der Waals surface area contributed by atoms with Gasteiger partial charge < -0.3 is 5.11 Å². The Bertz CT molecular complexity index is 337. The monoisotopic (exact) mass is 216 g/mol. The Morgan fingerprint density at radius 2 is 2.00 bits per heavy atom. The van der Waals surface area contributed by atoms with Crippen LogP contribution in [0.4, 0.5) is 0 Å². The van der Waals surface area contributed by atoms with E-state index in [1.165, 1.54) is 0 Å². The zero-order chi connectivity index (χ0) is 12.0. The van der Waals surface area contributed by atoms with Crippen LogP contribution in [-0.4, -0.2) is 18.9 Å². The van der Waals surface area contributed by atoms with Gasteiger partial charge in [-0.25, -0.2) is 0 Å². The van der Waals surface area contributed by atoms with E-state index in [9.17, 15) is 9.90 Å². The van der Waals surface area contributed by atoms with Crippen molar-refractivity contribution in [2.45, 2.75) is 37.9 Å². The summed E-state index contributed by atoms with van der Waals surface area (Å²) in [5.74, 6) is -0.912. The topological polar surface area (TPSA) is 37.3 Å². The van der Waals surface area contributed by atoms with E-state index in [1.54, 1.807) is 0 Å². The average Bonchev–Trinajstić information content (AvgIpc) is 2.27. The second-order valence-corrected chi connectivity index (χ2v) is 4.23. The van der Waals surface area contributed by atoms with Crippen LogP contribution in [0.1, 0.15) is 31.7 Å². The molecule has 0 aliphatic rings. The van der Waals surface area contributed by atoms with Crippen LogP contribution in [0.15, 0.2) is 30.3 Å². The highest BCUT2D eigenvalue weighted by Gasteiger charge is 2.31. The number of carbonyl (C=O) groups is 1. The number of benzene rings is 1. The smallest absolute Gasteiger partial charge is 0.300 e. The van der Waals surface area contributed by atoms with Crippen molar-refractivity contribution < 1.29 is 9.90 Å². The maximum atomic E-state index is 11.2. The summed E-state index contributed by atoms with van der Waals surface area (Å²) >= 11 is 0. The molecule has 1 N–H and O–H groups in total. The molecule has 1 atom stereocenters. The lowest BCUT2D eigenvalue weighted by Gasteiger charge is -2.25. The van der Waals surface area contributed by atoms with Crippen LogP contribution in [0.3, 0.4) is 0 Å². The number of carboxylic acid groups (broad SMARTS) is 1. The molecule has 84 valence electrons. The quantitative estimate of drug-likeness (QED) is 0.742. The van der Waals surface area contributed by atoms with Gasteiger partial charge in [-0.05, 0) is 18.4 Å². The van der Waals surface area contributed by atoms with E-state index >= 15 is 0 Å². The minimum atomic E-state index is -1.13. The summed E-state index contributed by atoms with van der Waals surface area (Å²) in [6.07, 6.45) is 2.72. The van der Waals surface area contributed by atoms with Gasteiger partial charge in [-0.15, -0.1) is 0 Å². The zero-order valence-electron chi connectivity index (χ0n) is 9.65. The molecule has 0 aliphatic carbocycles. The zero-order valence-corrected chi connectivity index (χ0v) is 9.65. The van der Waals surface area contributed by atoms with E-state index in [2.05, 4.69) is 0 Å². The molecular weight excluding hydrogens is 199 g/mol. The Hall–Kier alpha value is -1.25. The summed E-state index contributed by atoms with van der Waals surface area (Å²) in [6.45, 7) is 2.03. The van der Waals surface area contributed by atoms with Crippen LogP contribution < -0.4 is 0 Å². The SMILES string of the molecule is [B]C(CCCC)(Cc1ccccc1)C(=O)O. The number of carboxylic acids is 1. The fraction of sp³-hybridized carbons (Fsp3) is 0.462. The minimum Gasteiger partial charge on any atom is -0.481 e. The van der Waals surface area contributed by atoms with Crippen LogP contribution in [0.25, 0.3) is 0 Å². The fourth-order valence-corrected chi connectivity index (χ4v) is 1.72. The van der Waals surface area contributed by atoms with Crippen LogP contribution in [0.5, 0.6) is 0 Å². The molecule has 0 fully saturated rings. The van der Waals surface area contributed by atoms with Gasteiger partial charge >= 0.3 is 5.97 Å². The molecule has 0 saturated carbocycles. The molecule has 0 heterocycles. The van der Waals surface area contributed by atoms with Crippen LogP contribution in [0, 0.1) is 0 Å². The lowest BCUT2D eigenvalue weighted by molar-refractivity contribution is -0.140. The maximum Gasteiger partial charge on any atom is 0.300 e. The molecule has 3 heteroatoms. The summed E-state index contributed by atoms with van der Waals surface area (Å²) < 4.78 is 0. The number of rotatable bonds is 6. The molecular formula is C13H17BO2. The molecule has 16 heavy (non-hydrogen) atoms. The van der Waals surface area contributed by atoms with E-state index in [4.69, 9.17) is 7.85 Å². The number of unbranched alkanes of at least 4 members (excludes halogenated alkanes) is 1. The van der Waals surface area contributed by atoms with Crippen molar-refractivity contribution in [3.8, 4) is 0 Å². The predicted octanol–water partition coefficient (Wildman–Crippen LogP) is 2.83. The first-order chi connectivity index (χ1) is 7.58. The number of hydrogen-bond acceptors (Lipinski definition) is 1. The van der Waals surface area contributed by atoms with Crippen molar-refractivity contribution in [3.05, 3.63) is 35.9 Å². The lowest BCUT2D eigenvalue weighted by atomic mass is 9.62. The van der Waals surface area contributed by atoms with E-state index in [0.717, 1.165) is 18.4 Å². The van der Waals surface area contributed by atoms with Crippen molar-refractivity contribution >= 4 is 13.8 Å². The first-order valence-electron chi connectivity index (χ1n) is 5.64. The van der Waals surface area contributed by atoms with E-state index in [1.807, 2.05) is 37.3 Å². The highest BCUT2D eigenvalue weighted by Crippen LogP contribution is 2.33. The van der Waals surface area contributed by atoms with E-state index in [0.29, 0.717) is 12.8 Å². The van der Waals surface area contributed by atoms with Crippen molar-refractivity contribution in [3.63, 3.8) is 0 Å². The number of aliphatic carboxylic acids is 1. The summed E-state index contributed by atoms with van der Waals surface area (Å²) in [6, 6.07) is 9.54. The Morgan fingerprint density at radius 3 is 2.50 bits per heavy atom. The highest BCUT2D eigenvalue weighted by atomic mass is 16.4. The van der Waals surface area contributed by atoms with Gasteiger partial charge in [0.1, 0.15) is 0 Å². The normalized spacial score (nSPS) is 14.3. The summed E-state index contributed by atoms with van der Waals surface area (Å²) in [7, 11) is 5.96. The van der Waals surface area contributed by atoms with Crippen LogP contribution in [0.2, 0.25) is 5.31 Å². The molecule has 1 unspecified atom stereocenters. The Labute approximate surface area is 98.1 Å². The predicted molar refractivity (Wildman–Crippen MR) is 65.8 cm³/mol. The summed E-state index contributed by atoms with van der Waals surface area (Å²) in [4.78, 5) is 11.2. The molecule has 2 radical (unpaired) electrons. The Balaban J connectivity index is 2.75. The fourth-order valence-electron chi connectivity index (χ4n) is 1.72. The van der Waals surface area contributed by atoms with Gasteiger partial charge in [-0.3, -0.25) is 4.79 Å². The molecule has 1 aromatic rings. The second kappa shape index (κ2) is 5.73. The molecule has 1 rings (SSSR count). The molecule has 0 bridgehead atoms. The second-order valence-electron chi connectivity index (χ2n) is 4.23. The van der Waals surface area contributed by atoms with Crippen LogP contribution in [-0.2, 0) is 11.2 Å². The molecule has 0 aliphatic heterocycles. The van der Waals surface area contributed by atoms with Gasteiger partial charge in [0, 0.05) is 5.31 Å². The molecule has 0 spiro atoms. The van der Waals surface area contributed by atoms with Gasteiger partial charge in [0.15, 0.2) is 0 Å². The molecule has 0 amide bonds.